The Bertz CT molecular complexity index is 660. The summed E-state index contributed by atoms with van der Waals surface area (Å²) in [5.74, 6) is 1.65. The van der Waals surface area contributed by atoms with E-state index in [-0.39, 0.29) is 6.61 Å². The van der Waals surface area contributed by atoms with Crippen LogP contribution in [-0.4, -0.2) is 10.1 Å². The highest BCUT2D eigenvalue weighted by molar-refractivity contribution is 7.98. The van der Waals surface area contributed by atoms with E-state index in [0.717, 1.165) is 27.8 Å². The van der Waals surface area contributed by atoms with E-state index < -0.39 is 0 Å². The molecular formula is C15H13NO2S2. The average Bonchev–Trinajstić information content (AvgIpc) is 3.16. The molecule has 3 rings (SSSR count). The Balaban J connectivity index is 1.63. The molecule has 0 aliphatic carbocycles. The number of thioether (sulfide) groups is 1. The molecule has 0 aliphatic rings. The summed E-state index contributed by atoms with van der Waals surface area (Å²) in [5, 5.41) is 12.0. The summed E-state index contributed by atoms with van der Waals surface area (Å²) >= 11 is 3.33. The van der Waals surface area contributed by atoms with Crippen molar-refractivity contribution in [2.45, 2.75) is 17.3 Å². The van der Waals surface area contributed by atoms with Gasteiger partial charge in [0.05, 0.1) is 18.6 Å². The smallest absolute Gasteiger partial charge is 0.162 e. The van der Waals surface area contributed by atoms with Crippen LogP contribution in [-0.2, 0) is 12.4 Å². The molecule has 102 valence electrons. The third-order valence-corrected chi connectivity index (χ3v) is 4.73. The monoisotopic (exact) mass is 303 g/mol. The van der Waals surface area contributed by atoms with E-state index in [0.29, 0.717) is 0 Å². The number of thiazole rings is 1. The quantitative estimate of drug-likeness (QED) is 0.718. The van der Waals surface area contributed by atoms with E-state index in [2.05, 4.69) is 10.4 Å². The third-order valence-electron chi connectivity index (χ3n) is 2.78. The first-order chi connectivity index (χ1) is 9.85. The van der Waals surface area contributed by atoms with Crippen LogP contribution in [0.3, 0.4) is 0 Å². The standard InChI is InChI=1S/C15H13NO2S2/c17-8-11-3-5-13(6-4-11)19-9-12-10-20-15(16-12)14-2-1-7-18-14/h1-7,10,17H,8-9H2. The van der Waals surface area contributed by atoms with Crippen LogP contribution in [0.25, 0.3) is 10.8 Å². The summed E-state index contributed by atoms with van der Waals surface area (Å²) in [5.41, 5.74) is 1.99. The Hall–Kier alpha value is -1.56. The van der Waals surface area contributed by atoms with E-state index in [1.54, 1.807) is 29.4 Å². The van der Waals surface area contributed by atoms with Crippen LogP contribution in [0, 0.1) is 0 Å². The molecule has 0 atom stereocenters. The van der Waals surface area contributed by atoms with E-state index in [9.17, 15) is 0 Å². The lowest BCUT2D eigenvalue weighted by Crippen LogP contribution is -1.83. The number of aromatic nitrogens is 1. The van der Waals surface area contributed by atoms with Crippen molar-refractivity contribution >= 4 is 23.1 Å². The van der Waals surface area contributed by atoms with Crippen molar-refractivity contribution in [2.24, 2.45) is 0 Å². The number of furan rings is 1. The maximum atomic E-state index is 9.01. The predicted molar refractivity (Wildman–Crippen MR) is 81.7 cm³/mol. The molecule has 1 aromatic carbocycles. The van der Waals surface area contributed by atoms with Crippen molar-refractivity contribution in [3.05, 3.63) is 59.3 Å². The molecular weight excluding hydrogens is 290 g/mol. The largest absolute Gasteiger partial charge is 0.462 e. The average molecular weight is 303 g/mol. The number of aliphatic hydroxyl groups excluding tert-OH is 1. The molecule has 20 heavy (non-hydrogen) atoms. The van der Waals surface area contributed by atoms with Gasteiger partial charge in [-0.05, 0) is 29.8 Å². The number of benzene rings is 1. The topological polar surface area (TPSA) is 46.3 Å². The lowest BCUT2D eigenvalue weighted by Gasteiger charge is -2.00. The molecule has 0 aliphatic heterocycles. The molecule has 0 bridgehead atoms. The van der Waals surface area contributed by atoms with Gasteiger partial charge in [-0.1, -0.05) is 12.1 Å². The fourth-order valence-corrected chi connectivity index (χ4v) is 3.42. The third kappa shape index (κ3) is 3.12. The van der Waals surface area contributed by atoms with Crippen molar-refractivity contribution in [1.29, 1.82) is 0 Å². The minimum Gasteiger partial charge on any atom is -0.462 e. The van der Waals surface area contributed by atoms with Crippen molar-refractivity contribution in [3.63, 3.8) is 0 Å². The SMILES string of the molecule is OCc1ccc(SCc2csc(-c3ccco3)n2)cc1. The van der Waals surface area contributed by atoms with E-state index in [4.69, 9.17) is 9.52 Å². The maximum absolute atomic E-state index is 9.01. The lowest BCUT2D eigenvalue weighted by molar-refractivity contribution is 0.282. The number of rotatable bonds is 5. The van der Waals surface area contributed by atoms with Crippen LogP contribution in [0.4, 0.5) is 0 Å². The van der Waals surface area contributed by atoms with Gasteiger partial charge in [0.2, 0.25) is 0 Å². The van der Waals surface area contributed by atoms with E-state index in [1.165, 1.54) is 4.90 Å². The lowest BCUT2D eigenvalue weighted by atomic mass is 10.2. The molecule has 0 unspecified atom stereocenters. The molecule has 0 saturated carbocycles. The molecule has 5 heteroatoms. The number of hydrogen-bond acceptors (Lipinski definition) is 5. The molecule has 0 saturated heterocycles. The van der Waals surface area contributed by atoms with Crippen LogP contribution < -0.4 is 0 Å². The molecule has 3 aromatic rings. The Morgan fingerprint density at radius 2 is 2.05 bits per heavy atom. The van der Waals surface area contributed by atoms with Gasteiger partial charge in [0, 0.05) is 16.0 Å². The van der Waals surface area contributed by atoms with Crippen molar-refractivity contribution in [3.8, 4) is 10.8 Å². The van der Waals surface area contributed by atoms with Gasteiger partial charge < -0.3 is 9.52 Å². The highest BCUT2D eigenvalue weighted by Gasteiger charge is 2.07. The Morgan fingerprint density at radius 1 is 1.20 bits per heavy atom. The molecule has 3 nitrogen and oxygen atoms in total. The van der Waals surface area contributed by atoms with Crippen LogP contribution in [0.2, 0.25) is 0 Å². The molecule has 1 N–H and O–H groups in total. The van der Waals surface area contributed by atoms with Crippen LogP contribution in [0.15, 0.2) is 57.4 Å². The van der Waals surface area contributed by atoms with Crippen LogP contribution >= 0.6 is 23.1 Å². The summed E-state index contributed by atoms with van der Waals surface area (Å²) < 4.78 is 5.34. The second kappa shape index (κ2) is 6.26. The Morgan fingerprint density at radius 3 is 2.75 bits per heavy atom. The zero-order valence-corrected chi connectivity index (χ0v) is 12.3. The van der Waals surface area contributed by atoms with E-state index >= 15 is 0 Å². The summed E-state index contributed by atoms with van der Waals surface area (Å²) in [6.45, 7) is 0.0868. The summed E-state index contributed by atoms with van der Waals surface area (Å²) in [6.07, 6.45) is 1.66. The second-order valence-corrected chi connectivity index (χ2v) is 6.12. The zero-order chi connectivity index (χ0) is 13.8. The van der Waals surface area contributed by atoms with Gasteiger partial charge in [-0.3, -0.25) is 0 Å². The van der Waals surface area contributed by atoms with Crippen molar-refractivity contribution in [2.75, 3.05) is 0 Å². The Labute approximate surface area is 125 Å². The van der Waals surface area contributed by atoms with Gasteiger partial charge in [0.25, 0.3) is 0 Å². The maximum Gasteiger partial charge on any atom is 0.162 e. The minimum atomic E-state index is 0.0868. The van der Waals surface area contributed by atoms with Gasteiger partial charge in [-0.25, -0.2) is 4.98 Å². The van der Waals surface area contributed by atoms with Gasteiger partial charge in [-0.2, -0.15) is 0 Å². The fraction of sp³-hybridized carbons (Fsp3) is 0.133. The number of hydrogen-bond donors (Lipinski definition) is 1. The van der Waals surface area contributed by atoms with Gasteiger partial charge in [0.1, 0.15) is 0 Å². The molecule has 0 spiro atoms. The van der Waals surface area contributed by atoms with E-state index in [1.807, 2.05) is 36.4 Å². The highest BCUT2D eigenvalue weighted by atomic mass is 32.2. The molecule has 0 fully saturated rings. The molecule has 0 radical (unpaired) electrons. The first-order valence-corrected chi connectivity index (χ1v) is 8.02. The van der Waals surface area contributed by atoms with Crippen LogP contribution in [0.1, 0.15) is 11.3 Å². The van der Waals surface area contributed by atoms with Gasteiger partial charge in [-0.15, -0.1) is 23.1 Å². The zero-order valence-electron chi connectivity index (χ0n) is 10.7. The van der Waals surface area contributed by atoms with Gasteiger partial charge in [0.15, 0.2) is 10.8 Å². The van der Waals surface area contributed by atoms with Crippen molar-refractivity contribution in [1.82, 2.24) is 4.98 Å². The Kier molecular flexibility index (Phi) is 4.20. The van der Waals surface area contributed by atoms with Gasteiger partial charge >= 0.3 is 0 Å². The van der Waals surface area contributed by atoms with Crippen molar-refractivity contribution < 1.29 is 9.52 Å². The first kappa shape index (κ1) is 13.4. The summed E-state index contributed by atoms with van der Waals surface area (Å²) in [7, 11) is 0. The number of aliphatic hydroxyl groups is 1. The summed E-state index contributed by atoms with van der Waals surface area (Å²) in [6, 6.07) is 11.7. The van der Waals surface area contributed by atoms with Crippen LogP contribution in [0.5, 0.6) is 0 Å². The minimum absolute atomic E-state index is 0.0868. The normalized spacial score (nSPS) is 10.8. The predicted octanol–water partition coefficient (Wildman–Crippen LogP) is 4.19. The second-order valence-electron chi connectivity index (χ2n) is 4.21. The number of nitrogens with zero attached hydrogens (tertiary/aromatic N) is 1. The fourth-order valence-electron chi connectivity index (χ4n) is 1.74. The molecule has 2 heterocycles. The molecule has 2 aromatic heterocycles. The highest BCUT2D eigenvalue weighted by Crippen LogP contribution is 2.28. The molecule has 0 amide bonds. The first-order valence-electron chi connectivity index (χ1n) is 6.16. The summed E-state index contributed by atoms with van der Waals surface area (Å²) in [4.78, 5) is 5.74.